The molecule has 0 aliphatic carbocycles. The van der Waals surface area contributed by atoms with Gasteiger partial charge >= 0.3 is 5.97 Å². The highest BCUT2D eigenvalue weighted by Gasteiger charge is 2.24. The van der Waals surface area contributed by atoms with E-state index in [4.69, 9.17) is 0 Å². The van der Waals surface area contributed by atoms with E-state index in [0.29, 0.717) is 5.92 Å². The van der Waals surface area contributed by atoms with Crippen molar-refractivity contribution in [2.75, 3.05) is 18.0 Å². The van der Waals surface area contributed by atoms with Crippen LogP contribution in [0.3, 0.4) is 0 Å². The van der Waals surface area contributed by atoms with E-state index in [0.717, 1.165) is 30.6 Å². The third-order valence-electron chi connectivity index (χ3n) is 5.12. The fraction of sp³-hybridized carbons (Fsp3) is 0.364. The summed E-state index contributed by atoms with van der Waals surface area (Å²) in [5.74, 6) is -0.820. The lowest BCUT2D eigenvalue weighted by atomic mass is 9.96. The van der Waals surface area contributed by atoms with Crippen LogP contribution in [0.15, 0.2) is 54.6 Å². The molecule has 0 saturated carbocycles. The van der Waals surface area contributed by atoms with Crippen LogP contribution in [0.1, 0.15) is 36.8 Å². The van der Waals surface area contributed by atoms with Gasteiger partial charge in [-0.3, -0.25) is 4.79 Å². The number of carbonyl (C=O) groups is 2. The molecule has 1 aliphatic rings. The molecule has 5 heteroatoms. The molecule has 5 nitrogen and oxygen atoms in total. The molecule has 1 amide bonds. The first kappa shape index (κ1) is 19.0. The van der Waals surface area contributed by atoms with Crippen molar-refractivity contribution in [3.63, 3.8) is 0 Å². The Bertz CT molecular complexity index is 791. The number of benzene rings is 2. The average Bonchev–Trinajstić information content (AvgIpc) is 2.82. The van der Waals surface area contributed by atoms with Crippen molar-refractivity contribution in [3.05, 3.63) is 65.7 Å². The van der Waals surface area contributed by atoms with Crippen molar-refractivity contribution < 1.29 is 14.7 Å². The Labute approximate surface area is 160 Å². The monoisotopic (exact) mass is 366 g/mol. The number of nitrogens with one attached hydrogen (secondary N) is 1. The van der Waals surface area contributed by atoms with Crippen molar-refractivity contribution >= 4 is 17.6 Å². The molecule has 1 heterocycles. The fourth-order valence-electron chi connectivity index (χ4n) is 3.68. The van der Waals surface area contributed by atoms with Gasteiger partial charge in [0.2, 0.25) is 5.91 Å². The Balaban J connectivity index is 1.68. The lowest BCUT2D eigenvalue weighted by Gasteiger charge is -2.25. The fourth-order valence-corrected chi connectivity index (χ4v) is 3.68. The molecule has 2 atom stereocenters. The summed E-state index contributed by atoms with van der Waals surface area (Å²) in [6.45, 7) is 3.18. The van der Waals surface area contributed by atoms with E-state index in [1.807, 2.05) is 48.5 Å². The summed E-state index contributed by atoms with van der Waals surface area (Å²) in [6.07, 6.45) is 2.37. The maximum absolute atomic E-state index is 12.6. The number of para-hydroxylation sites is 1. The van der Waals surface area contributed by atoms with Crippen LogP contribution in [0.25, 0.3) is 0 Å². The quantitative estimate of drug-likeness (QED) is 0.824. The first-order chi connectivity index (χ1) is 13.0. The highest BCUT2D eigenvalue weighted by Crippen LogP contribution is 2.33. The Morgan fingerprint density at radius 1 is 1.15 bits per heavy atom. The highest BCUT2D eigenvalue weighted by atomic mass is 16.4. The van der Waals surface area contributed by atoms with E-state index in [9.17, 15) is 14.7 Å². The molecule has 3 rings (SSSR count). The normalized spacial score (nSPS) is 17.5. The zero-order valence-corrected chi connectivity index (χ0v) is 15.6. The minimum absolute atomic E-state index is 0.169. The number of hydrogen-bond donors (Lipinski definition) is 2. The van der Waals surface area contributed by atoms with E-state index >= 15 is 0 Å². The number of fused-ring (bicyclic) bond motifs is 1. The second kappa shape index (κ2) is 8.71. The Hall–Kier alpha value is -2.82. The number of amides is 1. The third-order valence-corrected chi connectivity index (χ3v) is 5.12. The van der Waals surface area contributed by atoms with Gasteiger partial charge in [0.05, 0.1) is 6.54 Å². The molecule has 0 bridgehead atoms. The molecule has 1 unspecified atom stereocenters. The minimum Gasteiger partial charge on any atom is -0.480 e. The van der Waals surface area contributed by atoms with Crippen molar-refractivity contribution in [3.8, 4) is 0 Å². The largest absolute Gasteiger partial charge is 0.480 e. The van der Waals surface area contributed by atoms with Crippen LogP contribution >= 0.6 is 0 Å². The Kier molecular flexibility index (Phi) is 6.12. The number of nitrogens with zero attached hydrogens (tertiary/aromatic N) is 1. The van der Waals surface area contributed by atoms with E-state index < -0.39 is 12.0 Å². The molecule has 2 N–H and O–H groups in total. The van der Waals surface area contributed by atoms with Crippen molar-refractivity contribution in [2.45, 2.75) is 38.1 Å². The summed E-state index contributed by atoms with van der Waals surface area (Å²) in [7, 11) is 0. The molecule has 142 valence electrons. The molecule has 27 heavy (non-hydrogen) atoms. The second-order valence-electron chi connectivity index (χ2n) is 7.17. The first-order valence-corrected chi connectivity index (χ1v) is 9.44. The van der Waals surface area contributed by atoms with E-state index in [2.05, 4.69) is 23.2 Å². The van der Waals surface area contributed by atoms with E-state index in [1.165, 1.54) is 5.56 Å². The van der Waals surface area contributed by atoms with Crippen molar-refractivity contribution in [1.29, 1.82) is 0 Å². The first-order valence-electron chi connectivity index (χ1n) is 9.44. The maximum atomic E-state index is 12.6. The van der Waals surface area contributed by atoms with Gasteiger partial charge in [0.15, 0.2) is 0 Å². The van der Waals surface area contributed by atoms with Crippen molar-refractivity contribution in [2.24, 2.45) is 0 Å². The van der Waals surface area contributed by atoms with Crippen LogP contribution in [0.5, 0.6) is 0 Å². The SMILES string of the molecule is CC1CCCN(CC(=O)N[C@@H](Cc2ccccc2)C(=O)O)c2ccccc21. The number of hydrogen-bond acceptors (Lipinski definition) is 3. The Morgan fingerprint density at radius 2 is 1.85 bits per heavy atom. The van der Waals surface area contributed by atoms with Crippen LogP contribution in [0.4, 0.5) is 5.69 Å². The molecular formula is C22H26N2O3. The van der Waals surface area contributed by atoms with Gasteiger partial charge in [0.1, 0.15) is 6.04 Å². The number of aliphatic carboxylic acids is 1. The standard InChI is InChI=1S/C22H26N2O3/c1-16-8-7-13-24(20-12-6-5-11-18(16)20)15-21(25)23-19(22(26)27)14-17-9-3-2-4-10-17/h2-6,9-12,16,19H,7-8,13-15H2,1H3,(H,23,25)(H,26,27)/t16?,19-/m0/s1. The molecule has 0 fully saturated rings. The maximum Gasteiger partial charge on any atom is 0.326 e. The van der Waals surface area contributed by atoms with Gasteiger partial charge in [-0.25, -0.2) is 4.79 Å². The summed E-state index contributed by atoms with van der Waals surface area (Å²) in [5, 5.41) is 12.2. The number of anilines is 1. The molecule has 0 saturated heterocycles. The summed E-state index contributed by atoms with van der Waals surface area (Å²) in [6, 6.07) is 16.6. The second-order valence-corrected chi connectivity index (χ2v) is 7.17. The molecular weight excluding hydrogens is 340 g/mol. The van der Waals surface area contributed by atoms with Gasteiger partial charge in [-0.15, -0.1) is 0 Å². The summed E-state index contributed by atoms with van der Waals surface area (Å²) < 4.78 is 0. The van der Waals surface area contributed by atoms with E-state index in [-0.39, 0.29) is 18.9 Å². The molecule has 0 aromatic heterocycles. The molecule has 2 aromatic rings. The van der Waals surface area contributed by atoms with Gasteiger partial charge in [0.25, 0.3) is 0 Å². The zero-order chi connectivity index (χ0) is 19.2. The van der Waals surface area contributed by atoms with Crippen LogP contribution < -0.4 is 10.2 Å². The summed E-state index contributed by atoms with van der Waals surface area (Å²) in [5.41, 5.74) is 3.22. The topological polar surface area (TPSA) is 69.6 Å². The van der Waals surface area contributed by atoms with Gasteiger partial charge in [-0.1, -0.05) is 55.5 Å². The molecule has 0 radical (unpaired) electrons. The predicted molar refractivity (Wildman–Crippen MR) is 106 cm³/mol. The smallest absolute Gasteiger partial charge is 0.326 e. The number of carboxylic acids is 1. The summed E-state index contributed by atoms with van der Waals surface area (Å²) in [4.78, 5) is 26.3. The van der Waals surface area contributed by atoms with Crippen LogP contribution in [0.2, 0.25) is 0 Å². The molecule has 1 aliphatic heterocycles. The van der Waals surface area contributed by atoms with Gasteiger partial charge in [-0.05, 0) is 36.0 Å². The highest BCUT2D eigenvalue weighted by molar-refractivity contribution is 5.87. The lowest BCUT2D eigenvalue weighted by molar-refractivity contribution is -0.141. The predicted octanol–water partition coefficient (Wildman–Crippen LogP) is 3.20. The van der Waals surface area contributed by atoms with Crippen LogP contribution in [-0.2, 0) is 16.0 Å². The number of carbonyl (C=O) groups excluding carboxylic acids is 1. The number of rotatable bonds is 6. The minimum atomic E-state index is -1.02. The molecule has 2 aromatic carbocycles. The number of carboxylic acid groups (broad SMARTS) is 1. The molecule has 0 spiro atoms. The van der Waals surface area contributed by atoms with Crippen molar-refractivity contribution in [1.82, 2.24) is 5.32 Å². The zero-order valence-electron chi connectivity index (χ0n) is 15.6. The Morgan fingerprint density at radius 3 is 2.59 bits per heavy atom. The summed E-state index contributed by atoms with van der Waals surface area (Å²) >= 11 is 0. The third kappa shape index (κ3) is 4.88. The lowest BCUT2D eigenvalue weighted by Crippen LogP contribution is -2.47. The average molecular weight is 366 g/mol. The van der Waals surface area contributed by atoms with Gasteiger partial charge in [-0.2, -0.15) is 0 Å². The van der Waals surface area contributed by atoms with Crippen LogP contribution in [0, 0.1) is 0 Å². The van der Waals surface area contributed by atoms with Gasteiger partial charge < -0.3 is 15.3 Å². The van der Waals surface area contributed by atoms with E-state index in [1.54, 1.807) is 0 Å². The van der Waals surface area contributed by atoms with Crippen LogP contribution in [-0.4, -0.2) is 36.1 Å². The van der Waals surface area contributed by atoms with Gasteiger partial charge in [0, 0.05) is 18.7 Å².